The molecule has 0 saturated heterocycles. The maximum absolute atomic E-state index is 12.8. The SMILES string of the molecule is Cc1cc2cc(NC(=O)Nc3nc(NO)cc(C(F)(F)F)n3)ccc2cn1. The number of aryl methyl sites for hydroxylation is 1. The van der Waals surface area contributed by atoms with Crippen LogP contribution in [0, 0.1) is 6.92 Å². The number of halogens is 3. The number of nitrogens with one attached hydrogen (secondary N) is 3. The van der Waals surface area contributed by atoms with E-state index in [4.69, 9.17) is 5.21 Å². The third-order valence-corrected chi connectivity index (χ3v) is 3.47. The predicted molar refractivity (Wildman–Crippen MR) is 91.6 cm³/mol. The molecule has 4 N–H and O–H groups in total. The van der Waals surface area contributed by atoms with Crippen molar-refractivity contribution in [2.24, 2.45) is 0 Å². The summed E-state index contributed by atoms with van der Waals surface area (Å²) in [6.07, 6.45) is -3.08. The number of urea groups is 1. The van der Waals surface area contributed by atoms with E-state index in [0.29, 0.717) is 11.8 Å². The van der Waals surface area contributed by atoms with Gasteiger partial charge in [-0.3, -0.25) is 21.0 Å². The Bertz CT molecular complexity index is 1010. The van der Waals surface area contributed by atoms with Gasteiger partial charge in [0.15, 0.2) is 11.5 Å². The predicted octanol–water partition coefficient (Wildman–Crippen LogP) is 3.80. The normalized spacial score (nSPS) is 11.3. The van der Waals surface area contributed by atoms with Crippen LogP contribution in [0.15, 0.2) is 36.5 Å². The summed E-state index contributed by atoms with van der Waals surface area (Å²) in [5.41, 5.74) is 1.39. The molecule has 2 amide bonds. The van der Waals surface area contributed by atoms with E-state index in [0.717, 1.165) is 16.5 Å². The molecule has 140 valence electrons. The first-order chi connectivity index (χ1) is 12.7. The Morgan fingerprint density at radius 1 is 1.07 bits per heavy atom. The second-order valence-electron chi connectivity index (χ2n) is 5.54. The zero-order valence-corrected chi connectivity index (χ0v) is 13.8. The van der Waals surface area contributed by atoms with Crippen LogP contribution < -0.4 is 16.1 Å². The fourth-order valence-electron chi connectivity index (χ4n) is 2.30. The van der Waals surface area contributed by atoms with Gasteiger partial charge in [0.05, 0.1) is 0 Å². The number of carbonyl (C=O) groups is 1. The van der Waals surface area contributed by atoms with Crippen LogP contribution in [-0.4, -0.2) is 26.2 Å². The van der Waals surface area contributed by atoms with Crippen LogP contribution in [-0.2, 0) is 6.18 Å². The molecule has 11 heteroatoms. The van der Waals surface area contributed by atoms with E-state index in [1.807, 2.05) is 13.0 Å². The van der Waals surface area contributed by atoms with E-state index in [1.165, 1.54) is 5.48 Å². The molecule has 1 aromatic carbocycles. The zero-order valence-electron chi connectivity index (χ0n) is 13.8. The molecule has 0 fully saturated rings. The Kier molecular flexibility index (Phi) is 4.77. The van der Waals surface area contributed by atoms with E-state index >= 15 is 0 Å². The topological polar surface area (TPSA) is 112 Å². The van der Waals surface area contributed by atoms with E-state index in [2.05, 4.69) is 25.6 Å². The molecule has 0 radical (unpaired) electrons. The second-order valence-corrected chi connectivity index (χ2v) is 5.54. The molecule has 2 heterocycles. The lowest BCUT2D eigenvalue weighted by molar-refractivity contribution is -0.141. The number of nitrogens with zero attached hydrogens (tertiary/aromatic N) is 3. The van der Waals surface area contributed by atoms with Crippen LogP contribution in [0.1, 0.15) is 11.4 Å². The molecule has 3 rings (SSSR count). The summed E-state index contributed by atoms with van der Waals surface area (Å²) in [5, 5.41) is 15.1. The summed E-state index contributed by atoms with van der Waals surface area (Å²) in [7, 11) is 0. The van der Waals surface area contributed by atoms with E-state index in [9.17, 15) is 18.0 Å². The number of benzene rings is 1. The Morgan fingerprint density at radius 2 is 1.85 bits per heavy atom. The van der Waals surface area contributed by atoms with Crippen molar-refractivity contribution in [2.75, 3.05) is 16.1 Å². The van der Waals surface area contributed by atoms with Crippen molar-refractivity contribution in [3.8, 4) is 0 Å². The van der Waals surface area contributed by atoms with Crippen molar-refractivity contribution in [1.29, 1.82) is 0 Å². The third kappa shape index (κ3) is 4.39. The van der Waals surface area contributed by atoms with Gasteiger partial charge in [-0.2, -0.15) is 18.2 Å². The van der Waals surface area contributed by atoms with Gasteiger partial charge in [0.25, 0.3) is 0 Å². The number of hydrogen-bond acceptors (Lipinski definition) is 6. The maximum Gasteiger partial charge on any atom is 0.433 e. The molecule has 0 aliphatic heterocycles. The lowest BCUT2D eigenvalue weighted by Crippen LogP contribution is -2.22. The average molecular weight is 378 g/mol. The van der Waals surface area contributed by atoms with Crippen molar-refractivity contribution < 1.29 is 23.2 Å². The first-order valence-corrected chi connectivity index (χ1v) is 7.55. The summed E-state index contributed by atoms with van der Waals surface area (Å²) in [4.78, 5) is 23.0. The number of carbonyl (C=O) groups excluding carboxylic acids is 1. The summed E-state index contributed by atoms with van der Waals surface area (Å²) in [6, 6.07) is 6.54. The minimum Gasteiger partial charge on any atom is -0.308 e. The van der Waals surface area contributed by atoms with Crippen molar-refractivity contribution in [1.82, 2.24) is 15.0 Å². The number of hydrogen-bond donors (Lipinski definition) is 4. The van der Waals surface area contributed by atoms with Crippen LogP contribution in [0.3, 0.4) is 0 Å². The summed E-state index contributed by atoms with van der Waals surface area (Å²) < 4.78 is 38.4. The minimum absolute atomic E-state index is 0.415. The number of alkyl halides is 3. The van der Waals surface area contributed by atoms with Crippen LogP contribution in [0.25, 0.3) is 10.8 Å². The quantitative estimate of drug-likeness (QED) is 0.516. The summed E-state index contributed by atoms with van der Waals surface area (Å²) in [5.74, 6) is -1.14. The van der Waals surface area contributed by atoms with Gasteiger partial charge in [-0.25, -0.2) is 9.78 Å². The molecule has 0 spiro atoms. The smallest absolute Gasteiger partial charge is 0.308 e. The number of fused-ring (bicyclic) bond motifs is 1. The summed E-state index contributed by atoms with van der Waals surface area (Å²) in [6.45, 7) is 1.82. The fourth-order valence-corrected chi connectivity index (χ4v) is 2.30. The maximum atomic E-state index is 12.8. The van der Waals surface area contributed by atoms with Gasteiger partial charge < -0.3 is 5.32 Å². The van der Waals surface area contributed by atoms with Gasteiger partial charge in [0, 0.05) is 29.0 Å². The molecule has 0 aliphatic rings. The number of anilines is 3. The highest BCUT2D eigenvalue weighted by molar-refractivity contribution is 6.00. The van der Waals surface area contributed by atoms with E-state index < -0.39 is 29.7 Å². The molecule has 3 aromatic rings. The molecule has 0 atom stereocenters. The Morgan fingerprint density at radius 3 is 2.56 bits per heavy atom. The Labute approximate surface area is 150 Å². The number of aromatic nitrogens is 3. The molecule has 0 unspecified atom stereocenters. The third-order valence-electron chi connectivity index (χ3n) is 3.47. The monoisotopic (exact) mass is 378 g/mol. The van der Waals surface area contributed by atoms with Gasteiger partial charge in [-0.15, -0.1) is 0 Å². The Hall–Kier alpha value is -3.47. The number of amides is 2. The molecule has 8 nitrogen and oxygen atoms in total. The van der Waals surface area contributed by atoms with Gasteiger partial charge in [-0.1, -0.05) is 6.07 Å². The van der Waals surface area contributed by atoms with Crippen LogP contribution in [0.4, 0.5) is 35.4 Å². The van der Waals surface area contributed by atoms with Crippen LogP contribution >= 0.6 is 0 Å². The van der Waals surface area contributed by atoms with Crippen LogP contribution in [0.2, 0.25) is 0 Å². The van der Waals surface area contributed by atoms with Crippen molar-refractivity contribution >= 4 is 34.3 Å². The molecular weight excluding hydrogens is 365 g/mol. The molecular formula is C16H13F3N6O2. The molecule has 27 heavy (non-hydrogen) atoms. The first kappa shape index (κ1) is 18.3. The van der Waals surface area contributed by atoms with Gasteiger partial charge in [0.2, 0.25) is 5.95 Å². The van der Waals surface area contributed by atoms with E-state index in [1.54, 1.807) is 24.4 Å². The molecule has 0 bridgehead atoms. The molecule has 0 saturated carbocycles. The fraction of sp³-hybridized carbons (Fsp3) is 0.125. The van der Waals surface area contributed by atoms with E-state index in [-0.39, 0.29) is 0 Å². The van der Waals surface area contributed by atoms with Crippen molar-refractivity contribution in [3.05, 3.63) is 47.9 Å². The lowest BCUT2D eigenvalue weighted by atomic mass is 10.1. The number of pyridine rings is 1. The highest BCUT2D eigenvalue weighted by Gasteiger charge is 2.34. The number of rotatable bonds is 3. The Balaban J connectivity index is 1.79. The standard InChI is InChI=1S/C16H13F3N6O2/c1-8-4-10-5-11(3-2-9(10)7-20-8)21-15(26)24-14-22-12(16(17,18)19)6-13(23-14)25-27/h2-7,27H,1H3,(H3,21,22,23,24,25,26). The molecule has 2 aromatic heterocycles. The highest BCUT2D eigenvalue weighted by atomic mass is 19.4. The van der Waals surface area contributed by atoms with Gasteiger partial charge in [0.1, 0.15) is 0 Å². The minimum atomic E-state index is -4.77. The second kappa shape index (κ2) is 7.03. The van der Waals surface area contributed by atoms with Gasteiger partial charge >= 0.3 is 12.2 Å². The zero-order chi connectivity index (χ0) is 19.6. The average Bonchev–Trinajstić information content (AvgIpc) is 2.60. The molecule has 0 aliphatic carbocycles. The van der Waals surface area contributed by atoms with Crippen molar-refractivity contribution in [2.45, 2.75) is 13.1 Å². The highest BCUT2D eigenvalue weighted by Crippen LogP contribution is 2.29. The lowest BCUT2D eigenvalue weighted by Gasteiger charge is -2.11. The first-order valence-electron chi connectivity index (χ1n) is 7.55. The van der Waals surface area contributed by atoms with Crippen molar-refractivity contribution in [3.63, 3.8) is 0 Å². The van der Waals surface area contributed by atoms with Gasteiger partial charge in [-0.05, 0) is 30.5 Å². The largest absolute Gasteiger partial charge is 0.433 e. The van der Waals surface area contributed by atoms with Crippen LogP contribution in [0.5, 0.6) is 0 Å². The summed E-state index contributed by atoms with van der Waals surface area (Å²) >= 11 is 0.